The fourth-order valence-electron chi connectivity index (χ4n) is 2.61. The smallest absolute Gasteiger partial charge is 0.326 e. The molecule has 4 N–H and O–H groups in total. The topological polar surface area (TPSA) is 113 Å². The maximum atomic E-state index is 12.4. The van der Waals surface area contributed by atoms with Crippen LogP contribution < -0.4 is 11.1 Å². The van der Waals surface area contributed by atoms with Gasteiger partial charge in [-0.15, -0.1) is 0 Å². The number of nitrogens with two attached hydrogens (primary N) is 1. The molecular formula is C14H25N3O4. The number of nitrogens with one attached hydrogen (secondary N) is 1. The predicted octanol–water partition coefficient (Wildman–Crippen LogP) is 0.925. The summed E-state index contributed by atoms with van der Waals surface area (Å²) >= 11 is 0. The number of aliphatic carboxylic acids is 1. The largest absolute Gasteiger partial charge is 0.480 e. The van der Waals surface area contributed by atoms with Gasteiger partial charge < -0.3 is 21.1 Å². The van der Waals surface area contributed by atoms with Crippen LogP contribution in [0.3, 0.4) is 0 Å². The molecular weight excluding hydrogens is 274 g/mol. The molecule has 0 aliphatic heterocycles. The Hall–Kier alpha value is -1.79. The number of hydrogen-bond donors (Lipinski definition) is 3. The van der Waals surface area contributed by atoms with Crippen molar-refractivity contribution in [1.29, 1.82) is 0 Å². The van der Waals surface area contributed by atoms with Gasteiger partial charge in [-0.1, -0.05) is 33.6 Å². The van der Waals surface area contributed by atoms with E-state index in [9.17, 15) is 19.5 Å². The molecule has 3 amide bonds. The van der Waals surface area contributed by atoms with Gasteiger partial charge in [0, 0.05) is 6.04 Å². The third-order valence-electron chi connectivity index (χ3n) is 3.73. The van der Waals surface area contributed by atoms with E-state index >= 15 is 0 Å². The van der Waals surface area contributed by atoms with Crippen molar-refractivity contribution in [1.82, 2.24) is 10.2 Å². The summed E-state index contributed by atoms with van der Waals surface area (Å²) in [5, 5.41) is 11.8. The molecule has 0 radical (unpaired) electrons. The van der Waals surface area contributed by atoms with Crippen molar-refractivity contribution in [3.63, 3.8) is 0 Å². The number of carboxylic acids is 1. The molecule has 0 aromatic carbocycles. The van der Waals surface area contributed by atoms with Gasteiger partial charge in [0.05, 0.1) is 0 Å². The molecule has 0 aromatic heterocycles. The first-order valence-electron chi connectivity index (χ1n) is 7.21. The maximum Gasteiger partial charge on any atom is 0.326 e. The minimum absolute atomic E-state index is 0.0492. The lowest BCUT2D eigenvalue weighted by molar-refractivity contribution is -0.142. The van der Waals surface area contributed by atoms with Crippen LogP contribution in [0.15, 0.2) is 0 Å². The molecule has 1 atom stereocenters. The van der Waals surface area contributed by atoms with Crippen molar-refractivity contribution in [2.24, 2.45) is 11.1 Å². The Morgan fingerprint density at radius 3 is 2.19 bits per heavy atom. The maximum absolute atomic E-state index is 12.4. The monoisotopic (exact) mass is 299 g/mol. The Kier molecular flexibility index (Phi) is 5.57. The van der Waals surface area contributed by atoms with Crippen LogP contribution in [0.1, 0.15) is 46.5 Å². The highest BCUT2D eigenvalue weighted by atomic mass is 16.4. The second-order valence-corrected chi connectivity index (χ2v) is 6.62. The van der Waals surface area contributed by atoms with Crippen LogP contribution in [0.2, 0.25) is 0 Å². The van der Waals surface area contributed by atoms with Gasteiger partial charge in [-0.3, -0.25) is 4.79 Å². The number of carboxylic acid groups (broad SMARTS) is 1. The Morgan fingerprint density at radius 1 is 1.29 bits per heavy atom. The molecule has 1 rings (SSSR count). The second kappa shape index (κ2) is 6.78. The molecule has 0 spiro atoms. The van der Waals surface area contributed by atoms with Gasteiger partial charge in [0.15, 0.2) is 0 Å². The molecule has 0 bridgehead atoms. The van der Waals surface area contributed by atoms with E-state index in [2.05, 4.69) is 5.32 Å². The van der Waals surface area contributed by atoms with Gasteiger partial charge in [-0.2, -0.15) is 0 Å². The van der Waals surface area contributed by atoms with E-state index in [0.717, 1.165) is 25.7 Å². The van der Waals surface area contributed by atoms with Gasteiger partial charge in [0.1, 0.15) is 12.6 Å². The average molecular weight is 299 g/mol. The zero-order chi connectivity index (χ0) is 16.2. The Morgan fingerprint density at radius 2 is 1.81 bits per heavy atom. The molecule has 7 nitrogen and oxygen atoms in total. The molecule has 1 fully saturated rings. The number of hydrogen-bond acceptors (Lipinski definition) is 3. The summed E-state index contributed by atoms with van der Waals surface area (Å²) in [5.74, 6) is -1.69. The number of amides is 3. The van der Waals surface area contributed by atoms with E-state index in [1.165, 1.54) is 4.90 Å². The summed E-state index contributed by atoms with van der Waals surface area (Å²) in [5.41, 5.74) is 4.57. The van der Waals surface area contributed by atoms with Crippen molar-refractivity contribution in [3.8, 4) is 0 Å². The van der Waals surface area contributed by atoms with Crippen LogP contribution >= 0.6 is 0 Å². The fourth-order valence-corrected chi connectivity index (χ4v) is 2.61. The highest BCUT2D eigenvalue weighted by molar-refractivity contribution is 5.86. The van der Waals surface area contributed by atoms with Gasteiger partial charge in [-0.25, -0.2) is 9.59 Å². The molecule has 7 heteroatoms. The lowest BCUT2D eigenvalue weighted by atomic mass is 9.87. The van der Waals surface area contributed by atoms with Crippen LogP contribution in [-0.2, 0) is 9.59 Å². The zero-order valence-corrected chi connectivity index (χ0v) is 12.9. The minimum atomic E-state index is -1.10. The number of carbonyl (C=O) groups is 3. The molecule has 1 aliphatic rings. The minimum Gasteiger partial charge on any atom is -0.480 e. The lowest BCUT2D eigenvalue weighted by Crippen LogP contribution is -2.56. The highest BCUT2D eigenvalue weighted by Crippen LogP contribution is 2.24. The van der Waals surface area contributed by atoms with Crippen LogP contribution in [0, 0.1) is 5.41 Å². The average Bonchev–Trinajstić information content (AvgIpc) is 2.84. The normalized spacial score (nSPS) is 17.3. The summed E-state index contributed by atoms with van der Waals surface area (Å²) in [6.07, 6.45) is 3.62. The molecule has 1 aliphatic carbocycles. The van der Waals surface area contributed by atoms with Crippen LogP contribution in [-0.4, -0.2) is 46.5 Å². The molecule has 120 valence electrons. The van der Waals surface area contributed by atoms with Crippen LogP contribution in [0.25, 0.3) is 0 Å². The number of rotatable bonds is 5. The van der Waals surface area contributed by atoms with E-state index in [0.29, 0.717) is 0 Å². The van der Waals surface area contributed by atoms with Crippen molar-refractivity contribution in [2.45, 2.75) is 58.5 Å². The summed E-state index contributed by atoms with van der Waals surface area (Å²) in [6.45, 7) is 5.02. The summed E-state index contributed by atoms with van der Waals surface area (Å²) in [4.78, 5) is 36.2. The first kappa shape index (κ1) is 17.3. The standard InChI is InChI=1S/C14H25N3O4/c1-14(2,3)11(12(19)20)16-13(21)17(8-10(15)18)9-6-4-5-7-9/h9,11H,4-8H2,1-3H3,(H2,15,18)(H,16,21)(H,19,20). The molecule has 0 aromatic rings. The van der Waals surface area contributed by atoms with Crippen molar-refractivity contribution in [2.75, 3.05) is 6.54 Å². The molecule has 1 unspecified atom stereocenters. The van der Waals surface area contributed by atoms with E-state index in [-0.39, 0.29) is 12.6 Å². The third kappa shape index (κ3) is 4.91. The summed E-state index contributed by atoms with van der Waals surface area (Å²) in [7, 11) is 0. The number of carbonyl (C=O) groups excluding carboxylic acids is 2. The second-order valence-electron chi connectivity index (χ2n) is 6.62. The van der Waals surface area contributed by atoms with E-state index in [4.69, 9.17) is 5.73 Å². The first-order chi connectivity index (χ1) is 9.62. The SMILES string of the molecule is CC(C)(C)C(NC(=O)N(CC(N)=O)C1CCCC1)C(=O)O. The van der Waals surface area contributed by atoms with Crippen LogP contribution in [0.5, 0.6) is 0 Å². The quantitative estimate of drug-likeness (QED) is 0.700. The summed E-state index contributed by atoms with van der Waals surface area (Å²) < 4.78 is 0. The van der Waals surface area contributed by atoms with Crippen molar-refractivity contribution in [3.05, 3.63) is 0 Å². The van der Waals surface area contributed by atoms with Gasteiger partial charge in [0.2, 0.25) is 5.91 Å². The Balaban J connectivity index is 2.84. The lowest BCUT2D eigenvalue weighted by Gasteiger charge is -2.33. The molecule has 21 heavy (non-hydrogen) atoms. The van der Waals surface area contributed by atoms with Gasteiger partial charge >= 0.3 is 12.0 Å². The number of nitrogens with zero attached hydrogens (tertiary/aromatic N) is 1. The zero-order valence-electron chi connectivity index (χ0n) is 12.9. The molecule has 1 saturated carbocycles. The van der Waals surface area contributed by atoms with Crippen molar-refractivity contribution >= 4 is 17.9 Å². The van der Waals surface area contributed by atoms with Crippen LogP contribution in [0.4, 0.5) is 4.79 Å². The van der Waals surface area contributed by atoms with E-state index in [1.807, 2.05) is 0 Å². The third-order valence-corrected chi connectivity index (χ3v) is 3.73. The predicted molar refractivity (Wildman–Crippen MR) is 77.6 cm³/mol. The molecule has 0 heterocycles. The van der Waals surface area contributed by atoms with Crippen molar-refractivity contribution < 1.29 is 19.5 Å². The van der Waals surface area contributed by atoms with E-state index in [1.54, 1.807) is 20.8 Å². The van der Waals surface area contributed by atoms with Gasteiger partial charge in [-0.05, 0) is 18.3 Å². The van der Waals surface area contributed by atoms with Gasteiger partial charge in [0.25, 0.3) is 0 Å². The number of urea groups is 1. The summed E-state index contributed by atoms with van der Waals surface area (Å²) in [6, 6.07) is -1.61. The van der Waals surface area contributed by atoms with E-state index < -0.39 is 29.4 Å². The highest BCUT2D eigenvalue weighted by Gasteiger charge is 2.36. The number of primary amides is 1. The first-order valence-corrected chi connectivity index (χ1v) is 7.21. The Bertz CT molecular complexity index is 411. The Labute approximate surface area is 124 Å². The fraction of sp³-hybridized carbons (Fsp3) is 0.786. The molecule has 0 saturated heterocycles.